The van der Waals surface area contributed by atoms with E-state index in [1.165, 1.54) is 0 Å². The summed E-state index contributed by atoms with van der Waals surface area (Å²) in [6.45, 7) is 9.13. The number of hydrogen-bond acceptors (Lipinski definition) is 2. The molecule has 0 saturated carbocycles. The minimum Gasteiger partial charge on any atom is -0.354 e. The molecule has 4 heteroatoms. The van der Waals surface area contributed by atoms with Gasteiger partial charge in [-0.05, 0) is 31.7 Å². The Morgan fingerprint density at radius 2 is 1.91 bits per heavy atom. The van der Waals surface area contributed by atoms with Crippen LogP contribution in [0.25, 0.3) is 0 Å². The highest BCUT2D eigenvalue weighted by Crippen LogP contribution is 2.15. The predicted octanol–water partition coefficient (Wildman–Crippen LogP) is 3.43. The first-order valence-electron chi connectivity index (χ1n) is 8.66. The molecule has 0 radical (unpaired) electrons. The van der Waals surface area contributed by atoms with Crippen LogP contribution in [0.4, 0.5) is 0 Å². The lowest BCUT2D eigenvalue weighted by atomic mass is 10.1. The van der Waals surface area contributed by atoms with Gasteiger partial charge in [0.05, 0.1) is 0 Å². The van der Waals surface area contributed by atoms with Gasteiger partial charge in [-0.3, -0.25) is 9.59 Å². The third kappa shape index (κ3) is 6.05. The number of benzene rings is 1. The van der Waals surface area contributed by atoms with Gasteiger partial charge in [-0.25, -0.2) is 0 Å². The van der Waals surface area contributed by atoms with E-state index in [1.54, 1.807) is 4.90 Å². The van der Waals surface area contributed by atoms with Crippen LogP contribution in [0, 0.1) is 6.92 Å². The summed E-state index contributed by atoms with van der Waals surface area (Å²) in [4.78, 5) is 26.7. The number of aryl methyl sites for hydroxylation is 1. The van der Waals surface area contributed by atoms with Crippen molar-refractivity contribution >= 4 is 11.8 Å². The minimum atomic E-state index is -0.402. The van der Waals surface area contributed by atoms with Gasteiger partial charge in [-0.15, -0.1) is 0 Å². The molecule has 1 rings (SSSR count). The van der Waals surface area contributed by atoms with Crippen LogP contribution in [0.3, 0.4) is 0 Å². The summed E-state index contributed by atoms with van der Waals surface area (Å²) >= 11 is 0. The molecule has 0 saturated heterocycles. The van der Waals surface area contributed by atoms with Crippen LogP contribution < -0.4 is 5.32 Å². The molecule has 4 nitrogen and oxygen atoms in total. The molecule has 128 valence electrons. The molecule has 0 spiro atoms. The fraction of sp³-hybridized carbons (Fsp3) is 0.579. The van der Waals surface area contributed by atoms with Crippen LogP contribution in [-0.2, 0) is 16.1 Å². The maximum Gasteiger partial charge on any atom is 0.242 e. The quantitative estimate of drug-likeness (QED) is 0.758. The third-order valence-electron chi connectivity index (χ3n) is 3.83. The van der Waals surface area contributed by atoms with Gasteiger partial charge in [0, 0.05) is 19.5 Å². The Hall–Kier alpha value is -1.84. The van der Waals surface area contributed by atoms with Crippen LogP contribution in [-0.4, -0.2) is 29.3 Å². The molecule has 0 aliphatic carbocycles. The zero-order valence-corrected chi connectivity index (χ0v) is 14.9. The van der Waals surface area contributed by atoms with Crippen LogP contribution in [0.15, 0.2) is 24.3 Å². The van der Waals surface area contributed by atoms with Gasteiger partial charge in [0.15, 0.2) is 0 Å². The van der Waals surface area contributed by atoms with Crippen molar-refractivity contribution in [1.29, 1.82) is 0 Å². The molecule has 0 fully saturated rings. The standard InChI is InChI=1S/C19H30N2O2/c1-5-9-18(22)21(14-16-11-8-10-15(4)13-16)17(7-3)19(23)20-12-6-2/h8,10-11,13,17H,5-7,9,12,14H2,1-4H3,(H,20,23). The van der Waals surface area contributed by atoms with E-state index in [-0.39, 0.29) is 11.8 Å². The van der Waals surface area contributed by atoms with Gasteiger partial charge in [-0.1, -0.05) is 50.6 Å². The molecule has 0 aromatic heterocycles. The van der Waals surface area contributed by atoms with Gasteiger partial charge in [0.25, 0.3) is 0 Å². The Morgan fingerprint density at radius 1 is 1.17 bits per heavy atom. The van der Waals surface area contributed by atoms with E-state index >= 15 is 0 Å². The lowest BCUT2D eigenvalue weighted by Crippen LogP contribution is -2.49. The summed E-state index contributed by atoms with van der Waals surface area (Å²) in [5.74, 6) is -0.000962. The van der Waals surface area contributed by atoms with Crippen molar-refractivity contribution in [1.82, 2.24) is 10.2 Å². The Kier molecular flexibility index (Phi) is 8.38. The van der Waals surface area contributed by atoms with Crippen molar-refractivity contribution in [3.05, 3.63) is 35.4 Å². The second-order valence-electron chi connectivity index (χ2n) is 5.98. The number of nitrogens with one attached hydrogen (secondary N) is 1. The van der Waals surface area contributed by atoms with Crippen LogP contribution >= 0.6 is 0 Å². The van der Waals surface area contributed by atoms with Gasteiger partial charge in [0.1, 0.15) is 6.04 Å². The molecule has 1 N–H and O–H groups in total. The number of carbonyl (C=O) groups is 2. The SMILES string of the molecule is CCCNC(=O)C(CC)N(Cc1cccc(C)c1)C(=O)CCC. The molecular formula is C19H30N2O2. The van der Waals surface area contributed by atoms with Crippen LogP contribution in [0.5, 0.6) is 0 Å². The Labute approximate surface area is 140 Å². The summed E-state index contributed by atoms with van der Waals surface area (Å²) in [6.07, 6.45) is 2.78. The van der Waals surface area contributed by atoms with Crippen molar-refractivity contribution in [3.63, 3.8) is 0 Å². The van der Waals surface area contributed by atoms with Crippen molar-refractivity contribution in [2.45, 2.75) is 66.0 Å². The summed E-state index contributed by atoms with van der Waals surface area (Å²) in [5.41, 5.74) is 2.23. The number of nitrogens with zero attached hydrogens (tertiary/aromatic N) is 1. The van der Waals surface area contributed by atoms with E-state index in [9.17, 15) is 9.59 Å². The lowest BCUT2D eigenvalue weighted by molar-refractivity contribution is -0.141. The third-order valence-corrected chi connectivity index (χ3v) is 3.83. The van der Waals surface area contributed by atoms with E-state index in [1.807, 2.05) is 45.9 Å². The van der Waals surface area contributed by atoms with E-state index in [0.717, 1.165) is 24.0 Å². The molecule has 0 heterocycles. The molecule has 0 aliphatic rings. The van der Waals surface area contributed by atoms with Crippen LogP contribution in [0.2, 0.25) is 0 Å². The number of rotatable bonds is 9. The largest absolute Gasteiger partial charge is 0.354 e. The Bertz CT molecular complexity index is 514. The Morgan fingerprint density at radius 3 is 2.48 bits per heavy atom. The van der Waals surface area contributed by atoms with Crippen LogP contribution in [0.1, 0.15) is 57.6 Å². The smallest absolute Gasteiger partial charge is 0.242 e. The van der Waals surface area contributed by atoms with Crippen molar-refractivity contribution in [3.8, 4) is 0 Å². The van der Waals surface area contributed by atoms with Gasteiger partial charge < -0.3 is 10.2 Å². The summed E-state index contributed by atoms with van der Waals surface area (Å²) in [5, 5.41) is 2.93. The number of amides is 2. The maximum atomic E-state index is 12.6. The Balaban J connectivity index is 2.97. The highest BCUT2D eigenvalue weighted by molar-refractivity contribution is 5.87. The zero-order valence-electron chi connectivity index (χ0n) is 14.9. The first-order valence-corrected chi connectivity index (χ1v) is 8.66. The lowest BCUT2D eigenvalue weighted by Gasteiger charge is -2.30. The molecular weight excluding hydrogens is 288 g/mol. The number of hydrogen-bond donors (Lipinski definition) is 1. The minimum absolute atomic E-state index is 0.0486. The normalized spacial score (nSPS) is 11.8. The maximum absolute atomic E-state index is 12.6. The molecule has 1 unspecified atom stereocenters. The monoisotopic (exact) mass is 318 g/mol. The fourth-order valence-corrected chi connectivity index (χ4v) is 2.65. The van der Waals surface area contributed by atoms with E-state index in [0.29, 0.717) is 25.9 Å². The second-order valence-corrected chi connectivity index (χ2v) is 5.98. The first-order chi connectivity index (χ1) is 11.0. The van der Waals surface area contributed by atoms with Gasteiger partial charge in [-0.2, -0.15) is 0 Å². The molecule has 0 bridgehead atoms. The summed E-state index contributed by atoms with van der Waals surface area (Å²) in [7, 11) is 0. The van der Waals surface area contributed by atoms with Crippen molar-refractivity contribution in [2.24, 2.45) is 0 Å². The average molecular weight is 318 g/mol. The fourth-order valence-electron chi connectivity index (χ4n) is 2.65. The van der Waals surface area contributed by atoms with Crippen molar-refractivity contribution < 1.29 is 9.59 Å². The topological polar surface area (TPSA) is 49.4 Å². The zero-order chi connectivity index (χ0) is 17.2. The second kappa shape index (κ2) is 10.0. The predicted molar refractivity (Wildman–Crippen MR) is 94.0 cm³/mol. The molecule has 0 aliphatic heterocycles. The highest BCUT2D eigenvalue weighted by atomic mass is 16.2. The van der Waals surface area contributed by atoms with Crippen molar-refractivity contribution in [2.75, 3.05) is 6.54 Å². The molecule has 1 aromatic rings. The highest BCUT2D eigenvalue weighted by Gasteiger charge is 2.27. The molecule has 1 aromatic carbocycles. The van der Waals surface area contributed by atoms with E-state index in [2.05, 4.69) is 11.4 Å². The van der Waals surface area contributed by atoms with Gasteiger partial charge >= 0.3 is 0 Å². The van der Waals surface area contributed by atoms with E-state index in [4.69, 9.17) is 0 Å². The summed E-state index contributed by atoms with van der Waals surface area (Å²) in [6, 6.07) is 7.71. The first kappa shape index (κ1) is 19.2. The molecule has 2 amide bonds. The molecule has 1 atom stereocenters. The molecule has 23 heavy (non-hydrogen) atoms. The number of carbonyl (C=O) groups excluding carboxylic acids is 2. The average Bonchev–Trinajstić information content (AvgIpc) is 2.53. The van der Waals surface area contributed by atoms with E-state index < -0.39 is 6.04 Å². The van der Waals surface area contributed by atoms with Gasteiger partial charge in [0.2, 0.25) is 11.8 Å². The summed E-state index contributed by atoms with van der Waals surface area (Å²) < 4.78 is 0.